The summed E-state index contributed by atoms with van der Waals surface area (Å²) in [5.41, 5.74) is -0.419. The van der Waals surface area contributed by atoms with Crippen molar-refractivity contribution in [3.05, 3.63) is 0 Å². The van der Waals surface area contributed by atoms with Crippen LogP contribution in [0.4, 0.5) is 4.79 Å². The topological polar surface area (TPSA) is 42.1 Å². The molecule has 2 fully saturated rings. The lowest BCUT2D eigenvalue weighted by Gasteiger charge is -2.33. The van der Waals surface area contributed by atoms with E-state index in [1.165, 1.54) is 0 Å². The van der Waals surface area contributed by atoms with Crippen molar-refractivity contribution in [2.45, 2.75) is 58.0 Å². The van der Waals surface area contributed by atoms with Gasteiger partial charge in [0.15, 0.2) is 0 Å². The molecule has 0 radical (unpaired) electrons. The second-order valence-electron chi connectivity index (χ2n) is 5.43. The molecule has 2 saturated heterocycles. The van der Waals surface area contributed by atoms with Crippen molar-refractivity contribution in [1.82, 2.24) is 4.90 Å². The number of ether oxygens (including phenoxy) is 2. The Bertz CT molecular complexity index is 271. The molecule has 0 aromatic rings. The van der Waals surface area contributed by atoms with Gasteiger partial charge < -0.3 is 14.4 Å². The fourth-order valence-corrected chi connectivity index (χ4v) is 1.96. The molecule has 0 unspecified atom stereocenters. The van der Waals surface area contributed by atoms with E-state index in [1.54, 1.807) is 4.90 Å². The molecule has 4 heteroatoms. The number of fused-ring (bicyclic) bond motifs is 1. The van der Waals surface area contributed by atoms with Crippen molar-refractivity contribution in [2.75, 3.05) is 6.54 Å². The molecule has 15 heavy (non-hydrogen) atoms. The van der Waals surface area contributed by atoms with E-state index in [-0.39, 0.29) is 18.2 Å². The van der Waals surface area contributed by atoms with Gasteiger partial charge in [0.25, 0.3) is 0 Å². The first-order chi connectivity index (χ1) is 6.87. The SMILES string of the molecule is C[C@@H]1C[C@H]2O[C@@H]2CN1C(=O)OC(C)(C)C. The molecule has 86 valence electrons. The number of hydrogen-bond donors (Lipinski definition) is 0. The van der Waals surface area contributed by atoms with Gasteiger partial charge in [0.2, 0.25) is 0 Å². The second kappa shape index (κ2) is 3.37. The third-order valence-corrected chi connectivity index (χ3v) is 2.80. The van der Waals surface area contributed by atoms with Crippen LogP contribution in [0.1, 0.15) is 34.1 Å². The zero-order chi connectivity index (χ0) is 11.2. The predicted octanol–water partition coefficient (Wildman–Crippen LogP) is 1.78. The lowest BCUT2D eigenvalue weighted by Crippen LogP contribution is -2.47. The minimum absolute atomic E-state index is 0.219. The lowest BCUT2D eigenvalue weighted by molar-refractivity contribution is 0.0142. The van der Waals surface area contributed by atoms with Crippen molar-refractivity contribution in [3.63, 3.8) is 0 Å². The Morgan fingerprint density at radius 2 is 2.07 bits per heavy atom. The molecule has 0 aromatic carbocycles. The van der Waals surface area contributed by atoms with Crippen LogP contribution in [-0.4, -0.2) is 41.4 Å². The second-order valence-corrected chi connectivity index (χ2v) is 5.43. The molecule has 2 aliphatic heterocycles. The van der Waals surface area contributed by atoms with Crippen LogP contribution < -0.4 is 0 Å². The molecule has 4 nitrogen and oxygen atoms in total. The number of likely N-dealkylation sites (tertiary alicyclic amines) is 1. The molecule has 2 heterocycles. The molecule has 0 spiro atoms. The summed E-state index contributed by atoms with van der Waals surface area (Å²) in [6, 6.07) is 0.226. The summed E-state index contributed by atoms with van der Waals surface area (Å²) in [4.78, 5) is 13.6. The van der Waals surface area contributed by atoms with Gasteiger partial charge in [-0.05, 0) is 34.1 Å². The average molecular weight is 213 g/mol. The van der Waals surface area contributed by atoms with Gasteiger partial charge in [-0.3, -0.25) is 0 Å². The maximum absolute atomic E-state index is 11.8. The van der Waals surface area contributed by atoms with Crippen LogP contribution in [0.2, 0.25) is 0 Å². The van der Waals surface area contributed by atoms with Gasteiger partial charge >= 0.3 is 6.09 Å². The van der Waals surface area contributed by atoms with Crippen molar-refractivity contribution in [1.29, 1.82) is 0 Å². The Balaban J connectivity index is 1.94. The highest BCUT2D eigenvalue weighted by Gasteiger charge is 2.48. The number of hydrogen-bond acceptors (Lipinski definition) is 3. The van der Waals surface area contributed by atoms with Gasteiger partial charge in [-0.2, -0.15) is 0 Å². The minimum Gasteiger partial charge on any atom is -0.444 e. The van der Waals surface area contributed by atoms with Crippen LogP contribution in [0.5, 0.6) is 0 Å². The van der Waals surface area contributed by atoms with Crippen molar-refractivity contribution in [2.24, 2.45) is 0 Å². The highest BCUT2D eigenvalue weighted by molar-refractivity contribution is 5.68. The summed E-state index contributed by atoms with van der Waals surface area (Å²) in [6.45, 7) is 8.38. The highest BCUT2D eigenvalue weighted by Crippen LogP contribution is 2.34. The molecule has 2 rings (SSSR count). The number of epoxide rings is 1. The van der Waals surface area contributed by atoms with E-state index in [2.05, 4.69) is 0 Å². The van der Waals surface area contributed by atoms with Crippen LogP contribution in [0.15, 0.2) is 0 Å². The summed E-state index contributed by atoms with van der Waals surface area (Å²) < 4.78 is 10.8. The molecular weight excluding hydrogens is 194 g/mol. The van der Waals surface area contributed by atoms with Gasteiger partial charge in [-0.25, -0.2) is 4.79 Å². The predicted molar refractivity (Wildman–Crippen MR) is 55.7 cm³/mol. The van der Waals surface area contributed by atoms with Crippen LogP contribution in [-0.2, 0) is 9.47 Å². The molecule has 2 aliphatic rings. The monoisotopic (exact) mass is 213 g/mol. The highest BCUT2D eigenvalue weighted by atomic mass is 16.6. The molecule has 0 aromatic heterocycles. The Kier molecular flexibility index (Phi) is 2.41. The van der Waals surface area contributed by atoms with E-state index in [0.717, 1.165) is 6.42 Å². The number of nitrogens with zero attached hydrogens (tertiary/aromatic N) is 1. The van der Waals surface area contributed by atoms with Crippen LogP contribution >= 0.6 is 0 Å². The quantitative estimate of drug-likeness (QED) is 0.576. The number of rotatable bonds is 0. The van der Waals surface area contributed by atoms with E-state index in [1.807, 2.05) is 27.7 Å². The van der Waals surface area contributed by atoms with Crippen molar-refractivity contribution < 1.29 is 14.3 Å². The number of amides is 1. The number of carbonyl (C=O) groups is 1. The van der Waals surface area contributed by atoms with Crippen LogP contribution in [0.25, 0.3) is 0 Å². The van der Waals surface area contributed by atoms with E-state index in [9.17, 15) is 4.79 Å². The fourth-order valence-electron chi connectivity index (χ4n) is 1.96. The summed E-state index contributed by atoms with van der Waals surface area (Å²) >= 11 is 0. The molecule has 0 bridgehead atoms. The largest absolute Gasteiger partial charge is 0.444 e. The zero-order valence-electron chi connectivity index (χ0n) is 9.82. The third-order valence-electron chi connectivity index (χ3n) is 2.80. The maximum Gasteiger partial charge on any atom is 0.410 e. The first kappa shape index (κ1) is 10.7. The molecule has 0 saturated carbocycles. The van der Waals surface area contributed by atoms with E-state index in [0.29, 0.717) is 12.6 Å². The summed E-state index contributed by atoms with van der Waals surface area (Å²) in [5.74, 6) is 0. The lowest BCUT2D eigenvalue weighted by atomic mass is 10.0. The summed E-state index contributed by atoms with van der Waals surface area (Å²) in [7, 11) is 0. The summed E-state index contributed by atoms with van der Waals surface area (Å²) in [6.07, 6.45) is 1.36. The maximum atomic E-state index is 11.8. The summed E-state index contributed by atoms with van der Waals surface area (Å²) in [5, 5.41) is 0. The van der Waals surface area contributed by atoms with Gasteiger partial charge in [0, 0.05) is 6.04 Å². The van der Waals surface area contributed by atoms with Gasteiger partial charge in [-0.15, -0.1) is 0 Å². The Morgan fingerprint density at radius 3 is 2.67 bits per heavy atom. The van der Waals surface area contributed by atoms with E-state index >= 15 is 0 Å². The zero-order valence-corrected chi connectivity index (χ0v) is 9.82. The Morgan fingerprint density at radius 1 is 1.40 bits per heavy atom. The van der Waals surface area contributed by atoms with Gasteiger partial charge in [0.1, 0.15) is 11.7 Å². The fraction of sp³-hybridized carbons (Fsp3) is 0.909. The van der Waals surface area contributed by atoms with E-state index < -0.39 is 5.60 Å². The van der Waals surface area contributed by atoms with Gasteiger partial charge in [-0.1, -0.05) is 0 Å². The van der Waals surface area contributed by atoms with E-state index in [4.69, 9.17) is 9.47 Å². The Labute approximate surface area is 90.5 Å². The van der Waals surface area contributed by atoms with Crippen molar-refractivity contribution in [3.8, 4) is 0 Å². The smallest absolute Gasteiger partial charge is 0.410 e. The first-order valence-corrected chi connectivity index (χ1v) is 5.52. The van der Waals surface area contributed by atoms with Gasteiger partial charge in [0.05, 0.1) is 12.6 Å². The molecular formula is C11H19NO3. The first-order valence-electron chi connectivity index (χ1n) is 5.52. The van der Waals surface area contributed by atoms with Crippen LogP contribution in [0.3, 0.4) is 0 Å². The van der Waals surface area contributed by atoms with Crippen LogP contribution in [0, 0.1) is 0 Å². The Hall–Kier alpha value is -0.770. The number of piperidine rings is 1. The molecule has 1 amide bonds. The van der Waals surface area contributed by atoms with Crippen molar-refractivity contribution >= 4 is 6.09 Å². The molecule has 3 atom stereocenters. The third kappa shape index (κ3) is 2.43. The number of carbonyl (C=O) groups excluding carboxylic acids is 1. The average Bonchev–Trinajstić information content (AvgIpc) is 2.76. The molecule has 0 aliphatic carbocycles. The normalized spacial score (nSPS) is 34.7. The standard InChI is InChI=1S/C11H19NO3/c1-7-5-8-9(14-8)6-12(7)10(13)15-11(2,3)4/h7-9H,5-6H2,1-4H3/t7-,8-,9-/m1/s1. The minimum atomic E-state index is -0.419. The molecule has 0 N–H and O–H groups in total.